The number of nitrogens with zero attached hydrogens (tertiary/aromatic N) is 4. The van der Waals surface area contributed by atoms with Crippen LogP contribution in [-0.4, -0.2) is 49.4 Å². The van der Waals surface area contributed by atoms with E-state index in [1.54, 1.807) is 12.4 Å². The number of hydrogen-bond donors (Lipinski definition) is 4. The first-order valence-electron chi connectivity index (χ1n) is 9.30. The van der Waals surface area contributed by atoms with Gasteiger partial charge in [0.05, 0.1) is 17.8 Å². The van der Waals surface area contributed by atoms with Crippen molar-refractivity contribution in [2.75, 3.05) is 26.3 Å². The average molecular weight is 395 g/mol. The molecule has 0 atom stereocenters. The van der Waals surface area contributed by atoms with Gasteiger partial charge < -0.3 is 20.9 Å². The average Bonchev–Trinajstić information content (AvgIpc) is 2.58. The smallest absolute Gasteiger partial charge is 0.202 e. The fourth-order valence-corrected chi connectivity index (χ4v) is 2.23. The largest absolute Gasteiger partial charge is 0.375 e. The number of nitriles is 2. The minimum atomic E-state index is -0.308. The fourth-order valence-electron chi connectivity index (χ4n) is 2.23. The van der Waals surface area contributed by atoms with Crippen molar-refractivity contribution in [1.29, 1.82) is 10.5 Å². The van der Waals surface area contributed by atoms with E-state index in [1.165, 1.54) is 0 Å². The van der Waals surface area contributed by atoms with Crippen molar-refractivity contribution in [3.05, 3.63) is 0 Å². The zero-order valence-electron chi connectivity index (χ0n) is 17.4. The summed E-state index contributed by atoms with van der Waals surface area (Å²) in [6.45, 7) is 10.3. The van der Waals surface area contributed by atoms with E-state index in [2.05, 4.69) is 20.6 Å². The quantitative estimate of drug-likeness (QED) is 0.117. The van der Waals surface area contributed by atoms with Gasteiger partial charge >= 0.3 is 0 Å². The van der Waals surface area contributed by atoms with Gasteiger partial charge in [-0.1, -0.05) is 0 Å². The molecule has 0 saturated heterocycles. The lowest BCUT2D eigenvalue weighted by atomic mass is 10.0. The predicted octanol–water partition coefficient (Wildman–Crippen LogP) is 0.908. The van der Waals surface area contributed by atoms with Crippen LogP contribution in [0.5, 0.6) is 0 Å². The van der Waals surface area contributed by atoms with Crippen molar-refractivity contribution in [1.82, 2.24) is 10.6 Å². The molecule has 0 aromatic rings. The van der Waals surface area contributed by atoms with E-state index in [9.17, 15) is 0 Å². The third-order valence-corrected chi connectivity index (χ3v) is 3.86. The maximum absolute atomic E-state index is 8.43. The second-order valence-corrected chi connectivity index (χ2v) is 7.43. The summed E-state index contributed by atoms with van der Waals surface area (Å²) >= 11 is 0. The van der Waals surface area contributed by atoms with E-state index < -0.39 is 0 Å². The van der Waals surface area contributed by atoms with E-state index in [0.29, 0.717) is 32.7 Å². The number of nitrogens with two attached hydrogens (primary N) is 2. The third-order valence-electron chi connectivity index (χ3n) is 3.86. The zero-order chi connectivity index (χ0) is 21.5. The molecule has 10 heteroatoms. The van der Waals surface area contributed by atoms with Gasteiger partial charge in [0.15, 0.2) is 12.4 Å². The summed E-state index contributed by atoms with van der Waals surface area (Å²) in [5.41, 5.74) is 10.4. The van der Waals surface area contributed by atoms with Gasteiger partial charge in [-0.05, 0) is 53.4 Å². The Morgan fingerprint density at radius 3 is 1.82 bits per heavy atom. The highest BCUT2D eigenvalue weighted by Crippen LogP contribution is 2.20. The Morgan fingerprint density at radius 1 is 0.821 bits per heavy atom. The van der Waals surface area contributed by atoms with Gasteiger partial charge in [-0.25, -0.2) is 0 Å². The van der Waals surface area contributed by atoms with Gasteiger partial charge in [-0.2, -0.15) is 10.5 Å². The van der Waals surface area contributed by atoms with E-state index in [1.807, 2.05) is 27.7 Å². The van der Waals surface area contributed by atoms with Crippen LogP contribution >= 0.6 is 0 Å². The lowest BCUT2D eigenvalue weighted by Crippen LogP contribution is -2.31. The zero-order valence-corrected chi connectivity index (χ0v) is 17.4. The van der Waals surface area contributed by atoms with Crippen molar-refractivity contribution in [2.24, 2.45) is 21.5 Å². The monoisotopic (exact) mass is 394 g/mol. The molecule has 0 spiro atoms. The molecule has 10 nitrogen and oxygen atoms in total. The summed E-state index contributed by atoms with van der Waals surface area (Å²) in [7, 11) is 0. The maximum atomic E-state index is 8.43. The maximum Gasteiger partial charge on any atom is 0.202 e. The van der Waals surface area contributed by atoms with Crippen LogP contribution in [0.3, 0.4) is 0 Å². The minimum absolute atomic E-state index is 0.118. The lowest BCUT2D eigenvalue weighted by molar-refractivity contribution is -0.0746. The van der Waals surface area contributed by atoms with Gasteiger partial charge in [0, 0.05) is 19.7 Å². The van der Waals surface area contributed by atoms with E-state index in [0.717, 1.165) is 19.3 Å². The van der Waals surface area contributed by atoms with E-state index in [-0.39, 0.29) is 23.1 Å². The highest BCUT2D eigenvalue weighted by molar-refractivity contribution is 5.79. The normalized spacial score (nSPS) is 12.9. The first-order valence-corrected chi connectivity index (χ1v) is 9.30. The summed E-state index contributed by atoms with van der Waals surface area (Å²) < 4.78 is 11.9. The van der Waals surface area contributed by atoms with Crippen LogP contribution in [0.4, 0.5) is 0 Å². The number of nitrogens with one attached hydrogen (secondary N) is 2. The molecule has 0 amide bonds. The molecule has 0 unspecified atom stereocenters. The summed E-state index contributed by atoms with van der Waals surface area (Å²) in [6.07, 6.45) is 6.56. The molecule has 0 aliphatic carbocycles. The van der Waals surface area contributed by atoms with Crippen LogP contribution in [0, 0.1) is 22.9 Å². The molecule has 0 aliphatic rings. The Labute approximate surface area is 168 Å². The molecule has 0 aromatic carbocycles. The second-order valence-electron chi connectivity index (χ2n) is 7.43. The SMILES string of the molecule is CC(C)(CCCN=C(N)NC#N)OCCC(C)(C)OCCCN=C(N)NC#N. The van der Waals surface area contributed by atoms with E-state index in [4.69, 9.17) is 31.5 Å². The molecular weight excluding hydrogens is 360 g/mol. The summed E-state index contributed by atoms with van der Waals surface area (Å²) in [5, 5.41) is 21.4. The highest BCUT2D eigenvalue weighted by atomic mass is 16.5. The summed E-state index contributed by atoms with van der Waals surface area (Å²) in [5.74, 6) is 0.252. The molecule has 0 bridgehead atoms. The molecule has 0 rings (SSSR count). The predicted molar refractivity (Wildman–Crippen MR) is 109 cm³/mol. The van der Waals surface area contributed by atoms with Crippen molar-refractivity contribution in [2.45, 2.75) is 64.6 Å². The Hall–Kier alpha value is -2.56. The van der Waals surface area contributed by atoms with Gasteiger partial charge in [0.25, 0.3) is 0 Å². The van der Waals surface area contributed by atoms with Crippen LogP contribution in [0.2, 0.25) is 0 Å². The highest BCUT2D eigenvalue weighted by Gasteiger charge is 2.22. The molecule has 6 N–H and O–H groups in total. The Kier molecular flexibility index (Phi) is 12.3. The Bertz CT molecular complexity index is 587. The Morgan fingerprint density at radius 2 is 1.29 bits per heavy atom. The van der Waals surface area contributed by atoms with Crippen molar-refractivity contribution < 1.29 is 9.47 Å². The van der Waals surface area contributed by atoms with Crippen molar-refractivity contribution in [3.63, 3.8) is 0 Å². The molecule has 0 radical (unpaired) electrons. The topological polar surface area (TPSA) is 167 Å². The summed E-state index contributed by atoms with van der Waals surface area (Å²) in [6, 6.07) is 0. The van der Waals surface area contributed by atoms with Gasteiger partial charge in [0.1, 0.15) is 0 Å². The molecule has 0 fully saturated rings. The molecule has 0 saturated carbocycles. The fraction of sp³-hybridized carbons (Fsp3) is 0.778. The van der Waals surface area contributed by atoms with Crippen LogP contribution in [0.1, 0.15) is 53.4 Å². The molecule has 0 aliphatic heterocycles. The van der Waals surface area contributed by atoms with Gasteiger partial charge in [0.2, 0.25) is 11.9 Å². The van der Waals surface area contributed by atoms with Crippen molar-refractivity contribution in [3.8, 4) is 12.4 Å². The van der Waals surface area contributed by atoms with Crippen LogP contribution in [-0.2, 0) is 9.47 Å². The summed E-state index contributed by atoms with van der Waals surface area (Å²) in [4.78, 5) is 8.06. The second kappa shape index (κ2) is 13.6. The number of hydrogen-bond acceptors (Lipinski definition) is 6. The van der Waals surface area contributed by atoms with Gasteiger partial charge in [-0.3, -0.25) is 20.6 Å². The molecule has 28 heavy (non-hydrogen) atoms. The standard InChI is InChI=1S/C18H34N8O2/c1-17(2,7-5-9-23-15(21)25-13-19)28-12-8-18(3,4)27-11-6-10-24-16(22)26-14-20/h5-12H2,1-4H3,(H3,21,23,25)(H3,22,24,26). The van der Waals surface area contributed by atoms with Crippen molar-refractivity contribution >= 4 is 11.9 Å². The first kappa shape index (κ1) is 25.4. The van der Waals surface area contributed by atoms with Crippen LogP contribution in [0.15, 0.2) is 9.98 Å². The number of guanidine groups is 2. The van der Waals surface area contributed by atoms with Crippen LogP contribution < -0.4 is 22.1 Å². The number of ether oxygens (including phenoxy) is 2. The number of aliphatic imine (C=N–C) groups is 2. The molecule has 0 heterocycles. The third kappa shape index (κ3) is 14.6. The van der Waals surface area contributed by atoms with Crippen LogP contribution in [0.25, 0.3) is 0 Å². The lowest BCUT2D eigenvalue weighted by Gasteiger charge is -2.29. The minimum Gasteiger partial charge on any atom is -0.375 e. The molecule has 0 aromatic heterocycles. The molecule has 158 valence electrons. The number of rotatable bonds is 13. The van der Waals surface area contributed by atoms with Gasteiger partial charge in [-0.15, -0.1) is 0 Å². The van der Waals surface area contributed by atoms with E-state index >= 15 is 0 Å². The molecular formula is C18H34N8O2. The first-order chi connectivity index (χ1) is 13.1. The Balaban J connectivity index is 4.01.